The number of nitrogens with zero attached hydrogens (tertiary/aromatic N) is 4. The molecule has 1 aliphatic rings. The van der Waals surface area contributed by atoms with Gasteiger partial charge in [-0.3, -0.25) is 4.79 Å². The zero-order valence-corrected chi connectivity index (χ0v) is 14.3. The fourth-order valence-corrected chi connectivity index (χ4v) is 3.30. The third-order valence-electron chi connectivity index (χ3n) is 4.70. The van der Waals surface area contributed by atoms with Gasteiger partial charge in [-0.25, -0.2) is 4.79 Å². The molecule has 7 nitrogen and oxygen atoms in total. The number of carboxylic acid groups (broad SMARTS) is 1. The van der Waals surface area contributed by atoms with Crippen LogP contribution >= 0.6 is 0 Å². The number of carboxylic acids is 1. The highest BCUT2D eigenvalue weighted by Gasteiger charge is 2.26. The zero-order valence-electron chi connectivity index (χ0n) is 14.3. The molecule has 1 aromatic carbocycles. The van der Waals surface area contributed by atoms with Gasteiger partial charge in [0.1, 0.15) is 12.2 Å². The van der Waals surface area contributed by atoms with Crippen LogP contribution in [0.3, 0.4) is 0 Å². The molecule has 1 amide bonds. The minimum Gasteiger partial charge on any atom is -0.478 e. The molecule has 0 aliphatic carbocycles. The van der Waals surface area contributed by atoms with Gasteiger partial charge in [-0.05, 0) is 36.5 Å². The lowest BCUT2D eigenvalue weighted by Crippen LogP contribution is -2.29. The quantitative estimate of drug-likeness (QED) is 0.860. The Balaban J connectivity index is 1.51. The summed E-state index contributed by atoms with van der Waals surface area (Å²) in [5.41, 5.74) is 1.32. The van der Waals surface area contributed by atoms with Crippen LogP contribution in [0.1, 0.15) is 34.6 Å². The molecule has 3 rings (SSSR count). The first-order valence-electron chi connectivity index (χ1n) is 8.46. The summed E-state index contributed by atoms with van der Waals surface area (Å²) in [5.74, 6) is 0.427. The Bertz CT molecular complexity index is 771. The first-order valence-corrected chi connectivity index (χ1v) is 8.46. The highest BCUT2D eigenvalue weighted by molar-refractivity contribution is 5.87. The third kappa shape index (κ3) is 4.23. The molecule has 1 atom stereocenters. The van der Waals surface area contributed by atoms with Crippen molar-refractivity contribution in [1.29, 1.82) is 0 Å². The molecule has 2 aromatic rings. The van der Waals surface area contributed by atoms with Crippen molar-refractivity contribution in [3.8, 4) is 0 Å². The Kier molecular flexibility index (Phi) is 5.11. The Morgan fingerprint density at radius 1 is 1.36 bits per heavy atom. The third-order valence-corrected chi connectivity index (χ3v) is 4.70. The molecule has 7 heteroatoms. The summed E-state index contributed by atoms with van der Waals surface area (Å²) in [6, 6.07) is 7.05. The number of aryl methyl sites for hydroxylation is 2. The number of likely N-dealkylation sites (tertiary alicyclic amines) is 1. The number of carbonyl (C=O) groups is 2. The molecular formula is C18H22N4O3. The van der Waals surface area contributed by atoms with Crippen molar-refractivity contribution in [3.05, 3.63) is 47.5 Å². The van der Waals surface area contributed by atoms with Crippen LogP contribution in [-0.2, 0) is 24.7 Å². The van der Waals surface area contributed by atoms with E-state index < -0.39 is 5.97 Å². The number of rotatable bonds is 6. The van der Waals surface area contributed by atoms with Crippen molar-refractivity contribution in [2.45, 2.75) is 25.7 Å². The summed E-state index contributed by atoms with van der Waals surface area (Å²) in [5, 5.41) is 16.9. The van der Waals surface area contributed by atoms with E-state index in [-0.39, 0.29) is 5.91 Å². The molecule has 0 bridgehead atoms. The first kappa shape index (κ1) is 17.1. The molecule has 0 spiro atoms. The summed E-state index contributed by atoms with van der Waals surface area (Å²) in [4.78, 5) is 25.3. The molecule has 1 N–H and O–H groups in total. The average molecular weight is 342 g/mol. The summed E-state index contributed by atoms with van der Waals surface area (Å²) in [6.07, 6.45) is 4.42. The van der Waals surface area contributed by atoms with E-state index in [0.29, 0.717) is 24.3 Å². The van der Waals surface area contributed by atoms with Gasteiger partial charge in [0.25, 0.3) is 0 Å². The van der Waals surface area contributed by atoms with Crippen molar-refractivity contribution in [3.63, 3.8) is 0 Å². The number of aromatic nitrogens is 3. The topological polar surface area (TPSA) is 88.3 Å². The van der Waals surface area contributed by atoms with Gasteiger partial charge in [-0.1, -0.05) is 12.1 Å². The minimum atomic E-state index is -0.908. The predicted octanol–water partition coefficient (Wildman–Crippen LogP) is 1.54. The van der Waals surface area contributed by atoms with Gasteiger partial charge in [0.2, 0.25) is 5.91 Å². The minimum absolute atomic E-state index is 0.143. The van der Waals surface area contributed by atoms with Gasteiger partial charge in [0.15, 0.2) is 0 Å². The summed E-state index contributed by atoms with van der Waals surface area (Å²) < 4.78 is 1.83. The highest BCUT2D eigenvalue weighted by Crippen LogP contribution is 2.22. The maximum atomic E-state index is 12.4. The van der Waals surface area contributed by atoms with E-state index in [1.54, 1.807) is 24.5 Å². The van der Waals surface area contributed by atoms with E-state index in [2.05, 4.69) is 10.2 Å². The monoisotopic (exact) mass is 342 g/mol. The van der Waals surface area contributed by atoms with Crippen molar-refractivity contribution >= 4 is 11.9 Å². The molecule has 2 heterocycles. The van der Waals surface area contributed by atoms with Crippen LogP contribution in [0, 0.1) is 5.92 Å². The Morgan fingerprint density at radius 3 is 2.92 bits per heavy atom. The Hall–Kier alpha value is -2.70. The van der Waals surface area contributed by atoms with Crippen LogP contribution < -0.4 is 0 Å². The van der Waals surface area contributed by atoms with Crippen molar-refractivity contribution in [2.24, 2.45) is 13.0 Å². The molecular weight excluding hydrogens is 320 g/mol. The second kappa shape index (κ2) is 7.46. The second-order valence-electron chi connectivity index (χ2n) is 6.56. The van der Waals surface area contributed by atoms with E-state index in [4.69, 9.17) is 5.11 Å². The molecule has 1 unspecified atom stereocenters. The van der Waals surface area contributed by atoms with E-state index >= 15 is 0 Å². The Labute approximate surface area is 146 Å². The number of carbonyl (C=O) groups excluding carboxylic acids is 1. The van der Waals surface area contributed by atoms with Crippen molar-refractivity contribution in [1.82, 2.24) is 19.7 Å². The molecule has 1 saturated heterocycles. The Morgan fingerprint density at radius 2 is 2.20 bits per heavy atom. The van der Waals surface area contributed by atoms with Gasteiger partial charge in [0.05, 0.1) is 5.56 Å². The van der Waals surface area contributed by atoms with Crippen LogP contribution in [0.25, 0.3) is 0 Å². The first-order chi connectivity index (χ1) is 12.0. The van der Waals surface area contributed by atoms with Crippen molar-refractivity contribution in [2.75, 3.05) is 13.1 Å². The molecule has 0 radical (unpaired) electrons. The molecule has 1 fully saturated rings. The van der Waals surface area contributed by atoms with E-state index in [1.807, 2.05) is 22.6 Å². The number of amides is 1. The summed E-state index contributed by atoms with van der Waals surface area (Å²) in [7, 11) is 1.87. The molecule has 1 aromatic heterocycles. The van der Waals surface area contributed by atoms with Crippen LogP contribution in [-0.4, -0.2) is 49.7 Å². The lowest BCUT2D eigenvalue weighted by molar-refractivity contribution is -0.130. The fraction of sp³-hybridized carbons (Fsp3) is 0.444. The molecule has 25 heavy (non-hydrogen) atoms. The molecule has 1 aliphatic heterocycles. The number of benzene rings is 1. The normalized spacial score (nSPS) is 17.0. The largest absolute Gasteiger partial charge is 0.478 e. The van der Waals surface area contributed by atoms with Crippen LogP contribution in [0.2, 0.25) is 0 Å². The SMILES string of the molecule is Cn1cnnc1CCC(=O)N1CCC(Cc2cccc(C(=O)O)c2)C1. The average Bonchev–Trinajstić information content (AvgIpc) is 3.22. The maximum absolute atomic E-state index is 12.4. The van der Waals surface area contributed by atoms with E-state index in [0.717, 1.165) is 37.3 Å². The number of aromatic carboxylic acids is 1. The van der Waals surface area contributed by atoms with Gasteiger partial charge < -0.3 is 14.6 Å². The number of hydrogen-bond donors (Lipinski definition) is 1. The van der Waals surface area contributed by atoms with Gasteiger partial charge >= 0.3 is 5.97 Å². The van der Waals surface area contributed by atoms with Crippen LogP contribution in [0.15, 0.2) is 30.6 Å². The van der Waals surface area contributed by atoms with Gasteiger partial charge in [-0.2, -0.15) is 0 Å². The standard InChI is InChI=1S/C18H22N4O3/c1-21-12-19-20-16(21)5-6-17(23)22-8-7-14(11-22)9-13-3-2-4-15(10-13)18(24)25/h2-4,10,12,14H,5-9,11H2,1H3,(H,24,25). The van der Waals surface area contributed by atoms with Gasteiger partial charge in [0, 0.05) is 33.0 Å². The predicted molar refractivity (Wildman–Crippen MR) is 91.1 cm³/mol. The fourth-order valence-electron chi connectivity index (χ4n) is 3.30. The smallest absolute Gasteiger partial charge is 0.335 e. The van der Waals surface area contributed by atoms with Crippen LogP contribution in [0.5, 0.6) is 0 Å². The highest BCUT2D eigenvalue weighted by atomic mass is 16.4. The number of hydrogen-bond acceptors (Lipinski definition) is 4. The summed E-state index contributed by atoms with van der Waals surface area (Å²) in [6.45, 7) is 1.50. The molecule has 0 saturated carbocycles. The van der Waals surface area contributed by atoms with E-state index in [9.17, 15) is 9.59 Å². The maximum Gasteiger partial charge on any atom is 0.335 e. The molecule has 132 valence electrons. The van der Waals surface area contributed by atoms with Crippen molar-refractivity contribution < 1.29 is 14.7 Å². The lowest BCUT2D eigenvalue weighted by Gasteiger charge is -2.16. The second-order valence-corrected chi connectivity index (χ2v) is 6.56. The zero-order chi connectivity index (χ0) is 17.8. The van der Waals surface area contributed by atoms with Crippen LogP contribution in [0.4, 0.5) is 0 Å². The summed E-state index contributed by atoms with van der Waals surface area (Å²) >= 11 is 0. The lowest BCUT2D eigenvalue weighted by atomic mass is 9.97. The van der Waals surface area contributed by atoms with Gasteiger partial charge in [-0.15, -0.1) is 10.2 Å². The van der Waals surface area contributed by atoms with E-state index in [1.165, 1.54) is 0 Å².